The molecule has 0 saturated carbocycles. The predicted octanol–water partition coefficient (Wildman–Crippen LogP) is 4.14. The highest BCUT2D eigenvalue weighted by Gasteiger charge is 2.22. The Labute approximate surface area is 155 Å². The molecule has 130 valence electrons. The van der Waals surface area contributed by atoms with Crippen molar-refractivity contribution in [2.75, 3.05) is 23.4 Å². The molecule has 25 heavy (non-hydrogen) atoms. The Bertz CT molecular complexity index is 793. The molecule has 0 atom stereocenters. The summed E-state index contributed by atoms with van der Waals surface area (Å²) >= 11 is 11.9. The minimum atomic E-state index is -0.346. The maximum Gasteiger partial charge on any atom is 0.262 e. The Balaban J connectivity index is 1.64. The zero-order chi connectivity index (χ0) is 17.8. The van der Waals surface area contributed by atoms with Crippen molar-refractivity contribution < 1.29 is 14.3 Å². The van der Waals surface area contributed by atoms with E-state index in [2.05, 4.69) is 5.32 Å². The molecule has 0 aromatic heterocycles. The molecule has 0 bridgehead atoms. The highest BCUT2D eigenvalue weighted by Crippen LogP contribution is 2.30. The average molecular weight is 379 g/mol. The molecule has 1 saturated heterocycles. The van der Waals surface area contributed by atoms with Gasteiger partial charge in [-0.2, -0.15) is 0 Å². The van der Waals surface area contributed by atoms with E-state index in [0.717, 1.165) is 12.1 Å². The lowest BCUT2D eigenvalue weighted by Crippen LogP contribution is -2.24. The van der Waals surface area contributed by atoms with E-state index in [1.165, 1.54) is 0 Å². The normalized spacial score (nSPS) is 13.8. The number of hydrogen-bond acceptors (Lipinski definition) is 3. The van der Waals surface area contributed by atoms with Crippen molar-refractivity contribution in [1.82, 2.24) is 0 Å². The zero-order valence-corrected chi connectivity index (χ0v) is 14.8. The fourth-order valence-electron chi connectivity index (χ4n) is 2.56. The van der Waals surface area contributed by atoms with Gasteiger partial charge in [0.05, 0.1) is 10.7 Å². The maximum atomic E-state index is 12.1. The first-order valence-corrected chi connectivity index (χ1v) is 8.56. The molecule has 0 radical (unpaired) electrons. The van der Waals surface area contributed by atoms with E-state index >= 15 is 0 Å². The van der Waals surface area contributed by atoms with Crippen LogP contribution < -0.4 is 15.0 Å². The summed E-state index contributed by atoms with van der Waals surface area (Å²) in [6.07, 6.45) is 1.37. The third-order valence-corrected chi connectivity index (χ3v) is 4.37. The van der Waals surface area contributed by atoms with Crippen molar-refractivity contribution in [1.29, 1.82) is 0 Å². The highest BCUT2D eigenvalue weighted by atomic mass is 35.5. The molecule has 0 spiro atoms. The number of nitrogens with one attached hydrogen (secondary N) is 1. The van der Waals surface area contributed by atoms with E-state index in [0.29, 0.717) is 34.4 Å². The SMILES string of the molecule is O=C(COc1ccc(Cl)cc1)Nc1cc(N2CCCC2=O)ccc1Cl. The van der Waals surface area contributed by atoms with Crippen molar-refractivity contribution in [3.63, 3.8) is 0 Å². The van der Waals surface area contributed by atoms with Crippen LogP contribution in [0.1, 0.15) is 12.8 Å². The van der Waals surface area contributed by atoms with Gasteiger partial charge < -0.3 is 15.0 Å². The largest absolute Gasteiger partial charge is 0.484 e. The lowest BCUT2D eigenvalue weighted by Gasteiger charge is -2.17. The lowest BCUT2D eigenvalue weighted by atomic mass is 10.2. The monoisotopic (exact) mass is 378 g/mol. The van der Waals surface area contributed by atoms with E-state index in [-0.39, 0.29) is 18.4 Å². The second-order valence-electron chi connectivity index (χ2n) is 5.60. The van der Waals surface area contributed by atoms with Crippen molar-refractivity contribution in [3.8, 4) is 5.75 Å². The first kappa shape index (κ1) is 17.6. The topological polar surface area (TPSA) is 58.6 Å². The zero-order valence-electron chi connectivity index (χ0n) is 13.3. The van der Waals surface area contributed by atoms with Gasteiger partial charge in [0.15, 0.2) is 6.61 Å². The van der Waals surface area contributed by atoms with Crippen LogP contribution in [-0.2, 0) is 9.59 Å². The van der Waals surface area contributed by atoms with Crippen LogP contribution in [0.3, 0.4) is 0 Å². The second kappa shape index (κ2) is 7.76. The van der Waals surface area contributed by atoms with Gasteiger partial charge in [0.2, 0.25) is 5.91 Å². The summed E-state index contributed by atoms with van der Waals surface area (Å²) < 4.78 is 5.40. The first-order chi connectivity index (χ1) is 12.0. The van der Waals surface area contributed by atoms with Crippen LogP contribution in [0.25, 0.3) is 0 Å². The number of benzene rings is 2. The van der Waals surface area contributed by atoms with Gasteiger partial charge in [0.1, 0.15) is 5.75 Å². The van der Waals surface area contributed by atoms with Crippen LogP contribution in [0.2, 0.25) is 10.0 Å². The number of carbonyl (C=O) groups excluding carboxylic acids is 2. The van der Waals surface area contributed by atoms with Gasteiger partial charge in [-0.3, -0.25) is 9.59 Å². The van der Waals surface area contributed by atoms with E-state index in [4.69, 9.17) is 27.9 Å². The number of ether oxygens (including phenoxy) is 1. The number of anilines is 2. The summed E-state index contributed by atoms with van der Waals surface area (Å²) in [5, 5.41) is 3.70. The second-order valence-corrected chi connectivity index (χ2v) is 6.45. The fourth-order valence-corrected chi connectivity index (χ4v) is 2.85. The van der Waals surface area contributed by atoms with Gasteiger partial charge in [-0.15, -0.1) is 0 Å². The molecule has 2 amide bonds. The molecule has 1 heterocycles. The molecule has 1 aliphatic rings. The summed E-state index contributed by atoms with van der Waals surface area (Å²) in [5.74, 6) is 0.273. The summed E-state index contributed by atoms with van der Waals surface area (Å²) in [6, 6.07) is 11.9. The third kappa shape index (κ3) is 4.44. The Morgan fingerprint density at radius 2 is 1.92 bits per heavy atom. The summed E-state index contributed by atoms with van der Waals surface area (Å²) in [7, 11) is 0. The molecular weight excluding hydrogens is 363 g/mol. The third-order valence-electron chi connectivity index (χ3n) is 3.79. The molecule has 1 fully saturated rings. The van der Waals surface area contributed by atoms with Crippen molar-refractivity contribution >= 4 is 46.4 Å². The van der Waals surface area contributed by atoms with E-state index in [1.807, 2.05) is 0 Å². The number of carbonyl (C=O) groups is 2. The maximum absolute atomic E-state index is 12.1. The quantitative estimate of drug-likeness (QED) is 0.850. The summed E-state index contributed by atoms with van der Waals surface area (Å²) in [6.45, 7) is 0.512. The molecule has 0 aliphatic carbocycles. The Morgan fingerprint density at radius 3 is 2.60 bits per heavy atom. The molecule has 1 N–H and O–H groups in total. The van der Waals surface area contributed by atoms with E-state index in [9.17, 15) is 9.59 Å². The lowest BCUT2D eigenvalue weighted by molar-refractivity contribution is -0.118. The van der Waals surface area contributed by atoms with Gasteiger partial charge in [0, 0.05) is 23.7 Å². The molecule has 5 nitrogen and oxygen atoms in total. The standard InChI is InChI=1S/C18H16Cl2N2O3/c19-12-3-6-14(7-4-12)25-11-17(23)21-16-10-13(5-8-15(16)20)22-9-1-2-18(22)24/h3-8,10H,1-2,9,11H2,(H,21,23). The predicted molar refractivity (Wildman–Crippen MR) is 98.6 cm³/mol. The van der Waals surface area contributed by atoms with E-state index in [1.54, 1.807) is 47.4 Å². The van der Waals surface area contributed by atoms with Gasteiger partial charge in [-0.05, 0) is 48.9 Å². The summed E-state index contributed by atoms with van der Waals surface area (Å²) in [4.78, 5) is 25.6. The number of halogens is 2. The van der Waals surface area contributed by atoms with Gasteiger partial charge >= 0.3 is 0 Å². The molecular formula is C18H16Cl2N2O3. The molecule has 1 aliphatic heterocycles. The van der Waals surface area contributed by atoms with Crippen LogP contribution in [0, 0.1) is 0 Å². The highest BCUT2D eigenvalue weighted by molar-refractivity contribution is 6.34. The van der Waals surface area contributed by atoms with Gasteiger partial charge in [-0.25, -0.2) is 0 Å². The van der Waals surface area contributed by atoms with Gasteiger partial charge in [0.25, 0.3) is 5.91 Å². The first-order valence-electron chi connectivity index (χ1n) is 7.81. The Kier molecular flexibility index (Phi) is 5.46. The smallest absolute Gasteiger partial charge is 0.262 e. The van der Waals surface area contributed by atoms with Crippen LogP contribution in [0.4, 0.5) is 11.4 Å². The van der Waals surface area contributed by atoms with Crippen molar-refractivity contribution in [2.24, 2.45) is 0 Å². The van der Waals surface area contributed by atoms with Crippen molar-refractivity contribution in [2.45, 2.75) is 12.8 Å². The van der Waals surface area contributed by atoms with Crippen LogP contribution in [-0.4, -0.2) is 25.0 Å². The molecule has 2 aromatic rings. The molecule has 0 unspecified atom stereocenters. The van der Waals surface area contributed by atoms with Crippen LogP contribution >= 0.6 is 23.2 Å². The number of hydrogen-bond donors (Lipinski definition) is 1. The minimum absolute atomic E-state index is 0.0747. The molecule has 7 heteroatoms. The molecule has 3 rings (SSSR count). The van der Waals surface area contributed by atoms with Crippen molar-refractivity contribution in [3.05, 3.63) is 52.5 Å². The van der Waals surface area contributed by atoms with Crippen LogP contribution in [0.5, 0.6) is 5.75 Å². The minimum Gasteiger partial charge on any atom is -0.484 e. The number of nitrogens with zero attached hydrogens (tertiary/aromatic N) is 1. The number of rotatable bonds is 5. The average Bonchev–Trinajstić information content (AvgIpc) is 3.02. The van der Waals surface area contributed by atoms with E-state index < -0.39 is 0 Å². The number of amides is 2. The summed E-state index contributed by atoms with van der Waals surface area (Å²) in [5.41, 5.74) is 1.17. The van der Waals surface area contributed by atoms with Gasteiger partial charge in [-0.1, -0.05) is 23.2 Å². The fraction of sp³-hybridized carbons (Fsp3) is 0.222. The van der Waals surface area contributed by atoms with Crippen LogP contribution in [0.15, 0.2) is 42.5 Å². The molecule has 2 aromatic carbocycles. The Morgan fingerprint density at radius 1 is 1.16 bits per heavy atom. The Hall–Kier alpha value is -2.24.